The Labute approximate surface area is 152 Å². The highest BCUT2D eigenvalue weighted by atomic mass is 35.5. The third-order valence-electron chi connectivity index (χ3n) is 3.76. The van der Waals surface area contributed by atoms with E-state index in [1.54, 1.807) is 0 Å². The molecule has 0 amide bonds. The number of halogens is 2. The fourth-order valence-electron chi connectivity index (χ4n) is 2.36. The minimum atomic E-state index is 0.712. The fourth-order valence-corrected chi connectivity index (χ4v) is 2.73. The van der Waals surface area contributed by atoms with Crippen LogP contribution in [0.25, 0.3) is 0 Å². The van der Waals surface area contributed by atoms with Crippen LogP contribution >= 0.6 is 23.2 Å². The first-order valence-electron chi connectivity index (χ1n) is 7.79. The van der Waals surface area contributed by atoms with Gasteiger partial charge in [0, 0.05) is 21.2 Å². The van der Waals surface area contributed by atoms with Crippen LogP contribution in [0.15, 0.2) is 58.7 Å². The predicted molar refractivity (Wildman–Crippen MR) is 101 cm³/mol. The summed E-state index contributed by atoms with van der Waals surface area (Å²) in [6.45, 7) is 3.28. The van der Waals surface area contributed by atoms with E-state index in [0.29, 0.717) is 10.0 Å². The minimum Gasteiger partial charge on any atom is -0.293 e. The Bertz CT molecular complexity index is 674. The maximum atomic E-state index is 6.13. The van der Waals surface area contributed by atoms with Crippen LogP contribution in [-0.2, 0) is 0 Å². The molecule has 0 aliphatic carbocycles. The first-order valence-corrected chi connectivity index (χ1v) is 8.55. The van der Waals surface area contributed by atoms with Gasteiger partial charge in [-0.3, -0.25) is 10.0 Å². The molecule has 1 saturated heterocycles. The highest BCUT2D eigenvalue weighted by molar-refractivity contribution is 6.33. The lowest BCUT2D eigenvalue weighted by Crippen LogP contribution is -2.41. The van der Waals surface area contributed by atoms with E-state index in [-0.39, 0.29) is 0 Å². The molecule has 0 atom stereocenters. The van der Waals surface area contributed by atoms with Gasteiger partial charge in [0.1, 0.15) is 0 Å². The van der Waals surface area contributed by atoms with E-state index in [1.807, 2.05) is 71.0 Å². The van der Waals surface area contributed by atoms with E-state index in [2.05, 4.69) is 10.2 Å². The van der Waals surface area contributed by atoms with Crippen molar-refractivity contribution in [3.05, 3.63) is 69.7 Å². The molecule has 1 aliphatic heterocycles. The zero-order chi connectivity index (χ0) is 16.8. The van der Waals surface area contributed by atoms with Gasteiger partial charge in [-0.15, -0.1) is 0 Å². The summed E-state index contributed by atoms with van der Waals surface area (Å²) in [5.41, 5.74) is 1.86. The Morgan fingerprint density at radius 2 is 1.04 bits per heavy atom. The molecule has 2 aromatic rings. The van der Waals surface area contributed by atoms with Crippen molar-refractivity contribution in [1.29, 1.82) is 0 Å². The largest absolute Gasteiger partial charge is 0.293 e. The van der Waals surface area contributed by atoms with Crippen LogP contribution in [0.1, 0.15) is 11.1 Å². The molecule has 0 unspecified atom stereocenters. The summed E-state index contributed by atoms with van der Waals surface area (Å²) in [5.74, 6) is 0. The number of benzene rings is 2. The molecule has 0 aromatic heterocycles. The molecule has 1 aliphatic rings. The summed E-state index contributed by atoms with van der Waals surface area (Å²) in [5, 5.41) is 14.5. The Morgan fingerprint density at radius 1 is 0.667 bits per heavy atom. The van der Waals surface area contributed by atoms with E-state index < -0.39 is 0 Å². The van der Waals surface area contributed by atoms with Crippen LogP contribution in [0, 0.1) is 0 Å². The summed E-state index contributed by atoms with van der Waals surface area (Å²) in [4.78, 5) is 0. The predicted octanol–water partition coefficient (Wildman–Crippen LogP) is 3.98. The first kappa shape index (κ1) is 16.8. The number of nitrogens with zero attached hydrogens (tertiary/aromatic N) is 4. The second kappa shape index (κ2) is 8.18. The van der Waals surface area contributed by atoms with E-state index in [9.17, 15) is 0 Å². The summed E-state index contributed by atoms with van der Waals surface area (Å²) < 4.78 is 0. The topological polar surface area (TPSA) is 31.2 Å². The molecule has 0 saturated carbocycles. The molecule has 124 valence electrons. The molecule has 0 bridgehead atoms. The Balaban J connectivity index is 1.53. The van der Waals surface area contributed by atoms with Crippen molar-refractivity contribution in [3.63, 3.8) is 0 Å². The van der Waals surface area contributed by atoms with Gasteiger partial charge in [-0.25, -0.2) is 0 Å². The second-order valence-corrected chi connectivity index (χ2v) is 6.25. The maximum Gasteiger partial charge on any atom is 0.0557 e. The lowest BCUT2D eigenvalue weighted by Gasteiger charge is -2.31. The molecule has 1 heterocycles. The van der Waals surface area contributed by atoms with Gasteiger partial charge in [-0.05, 0) is 12.1 Å². The normalized spacial score (nSPS) is 15.6. The van der Waals surface area contributed by atoms with Gasteiger partial charge in [0.25, 0.3) is 0 Å². The first-order chi connectivity index (χ1) is 11.7. The van der Waals surface area contributed by atoms with Crippen molar-refractivity contribution in [1.82, 2.24) is 10.0 Å². The molecule has 0 spiro atoms. The lowest BCUT2D eigenvalue weighted by atomic mass is 10.2. The lowest BCUT2D eigenvalue weighted by molar-refractivity contribution is 0.141. The average molecular weight is 361 g/mol. The van der Waals surface area contributed by atoms with Gasteiger partial charge in [0.05, 0.1) is 38.6 Å². The number of hydrogen-bond donors (Lipinski definition) is 0. The molecule has 24 heavy (non-hydrogen) atoms. The molecule has 2 aromatic carbocycles. The number of rotatable bonds is 4. The van der Waals surface area contributed by atoms with Crippen LogP contribution in [0.2, 0.25) is 10.0 Å². The molecular weight excluding hydrogens is 343 g/mol. The van der Waals surface area contributed by atoms with Gasteiger partial charge in [0.15, 0.2) is 0 Å². The van der Waals surface area contributed by atoms with Crippen molar-refractivity contribution in [3.8, 4) is 0 Å². The van der Waals surface area contributed by atoms with Gasteiger partial charge in [-0.1, -0.05) is 59.6 Å². The van der Waals surface area contributed by atoms with Crippen LogP contribution in [0.3, 0.4) is 0 Å². The molecular formula is C18H18Cl2N4. The van der Waals surface area contributed by atoms with Crippen LogP contribution < -0.4 is 0 Å². The molecule has 0 radical (unpaired) electrons. The van der Waals surface area contributed by atoms with Crippen LogP contribution in [0.5, 0.6) is 0 Å². The minimum absolute atomic E-state index is 0.712. The van der Waals surface area contributed by atoms with Crippen LogP contribution in [-0.4, -0.2) is 48.6 Å². The number of hydrogen-bond acceptors (Lipinski definition) is 4. The molecule has 3 rings (SSSR count). The van der Waals surface area contributed by atoms with Crippen molar-refractivity contribution >= 4 is 35.6 Å². The summed E-state index contributed by atoms with van der Waals surface area (Å²) in [6, 6.07) is 15.4. The summed E-state index contributed by atoms with van der Waals surface area (Å²) >= 11 is 12.3. The SMILES string of the molecule is Clc1ccccc1C=NN1CCN(N=Cc2ccccc2Cl)CC1. The standard InChI is InChI=1S/C18H18Cl2N4/c19-17-7-3-1-5-15(17)13-21-23-9-11-24(12-10-23)22-14-16-6-2-4-8-18(16)20/h1-8,13-14H,9-12H2. The Hall–Kier alpha value is -2.04. The fraction of sp³-hybridized carbons (Fsp3) is 0.222. The zero-order valence-corrected chi connectivity index (χ0v) is 14.7. The van der Waals surface area contributed by atoms with Gasteiger partial charge in [-0.2, -0.15) is 10.2 Å². The van der Waals surface area contributed by atoms with Crippen LogP contribution in [0.4, 0.5) is 0 Å². The third kappa shape index (κ3) is 4.49. The average Bonchev–Trinajstić information content (AvgIpc) is 2.61. The summed E-state index contributed by atoms with van der Waals surface area (Å²) in [6.07, 6.45) is 3.62. The highest BCUT2D eigenvalue weighted by Gasteiger charge is 2.13. The maximum absolute atomic E-state index is 6.13. The van der Waals surface area contributed by atoms with E-state index in [0.717, 1.165) is 37.3 Å². The van der Waals surface area contributed by atoms with E-state index in [4.69, 9.17) is 23.2 Å². The zero-order valence-electron chi connectivity index (χ0n) is 13.1. The second-order valence-electron chi connectivity index (χ2n) is 5.44. The van der Waals surface area contributed by atoms with Crippen molar-refractivity contribution in [2.75, 3.05) is 26.2 Å². The molecule has 1 fully saturated rings. The number of piperazine rings is 1. The number of hydrazone groups is 2. The Kier molecular flexibility index (Phi) is 5.72. The molecule has 0 N–H and O–H groups in total. The smallest absolute Gasteiger partial charge is 0.0557 e. The van der Waals surface area contributed by atoms with Gasteiger partial charge in [0.2, 0.25) is 0 Å². The van der Waals surface area contributed by atoms with Gasteiger partial charge >= 0.3 is 0 Å². The molecule has 4 nitrogen and oxygen atoms in total. The van der Waals surface area contributed by atoms with Crippen molar-refractivity contribution in [2.24, 2.45) is 10.2 Å². The monoisotopic (exact) mass is 360 g/mol. The van der Waals surface area contributed by atoms with E-state index >= 15 is 0 Å². The van der Waals surface area contributed by atoms with Gasteiger partial charge < -0.3 is 0 Å². The molecule has 6 heteroatoms. The third-order valence-corrected chi connectivity index (χ3v) is 4.45. The van der Waals surface area contributed by atoms with E-state index in [1.165, 1.54) is 0 Å². The Morgan fingerprint density at radius 3 is 1.42 bits per heavy atom. The van der Waals surface area contributed by atoms with Crippen molar-refractivity contribution in [2.45, 2.75) is 0 Å². The summed E-state index contributed by atoms with van der Waals surface area (Å²) in [7, 11) is 0. The quantitative estimate of drug-likeness (QED) is 0.772. The highest BCUT2D eigenvalue weighted by Crippen LogP contribution is 2.14. The van der Waals surface area contributed by atoms with Crippen molar-refractivity contribution < 1.29 is 0 Å².